The minimum absolute atomic E-state index is 0.0259. The monoisotopic (exact) mass is 268 g/mol. The van der Waals surface area contributed by atoms with Crippen molar-refractivity contribution in [3.05, 3.63) is 0 Å². The quantitative estimate of drug-likeness (QED) is 0.783. The first-order valence-corrected chi connectivity index (χ1v) is 7.71. The van der Waals surface area contributed by atoms with E-state index in [1.54, 1.807) is 0 Å². The van der Waals surface area contributed by atoms with E-state index in [2.05, 4.69) is 0 Å². The lowest BCUT2D eigenvalue weighted by Gasteiger charge is -2.29. The average Bonchev–Trinajstić information content (AvgIpc) is 2.76. The minimum Gasteiger partial charge on any atom is -0.392 e. The van der Waals surface area contributed by atoms with Crippen LogP contribution < -0.4 is 5.73 Å². The number of nitrogens with zero attached hydrogens (tertiary/aromatic N) is 1. The third-order valence-corrected chi connectivity index (χ3v) is 4.59. The van der Waals surface area contributed by atoms with E-state index in [0.717, 1.165) is 32.2 Å². The number of nitrogens with two attached hydrogens (primary N) is 1. The van der Waals surface area contributed by atoms with Gasteiger partial charge in [-0.3, -0.25) is 4.79 Å². The highest BCUT2D eigenvalue weighted by atomic mass is 32.1. The highest BCUT2D eigenvalue weighted by Gasteiger charge is 2.34. The Morgan fingerprint density at radius 2 is 1.61 bits per heavy atom. The van der Waals surface area contributed by atoms with E-state index in [1.807, 2.05) is 4.90 Å². The van der Waals surface area contributed by atoms with Crippen LogP contribution in [0.15, 0.2) is 0 Å². The van der Waals surface area contributed by atoms with Crippen LogP contribution in [-0.4, -0.2) is 28.4 Å². The predicted octanol–water partition coefficient (Wildman–Crippen LogP) is 2.62. The molecule has 102 valence electrons. The van der Waals surface area contributed by atoms with Gasteiger partial charge in [0.2, 0.25) is 5.91 Å². The van der Waals surface area contributed by atoms with Gasteiger partial charge < -0.3 is 10.6 Å². The van der Waals surface area contributed by atoms with Crippen LogP contribution in [0.3, 0.4) is 0 Å². The fourth-order valence-corrected chi connectivity index (χ4v) is 3.51. The van der Waals surface area contributed by atoms with Crippen molar-refractivity contribution in [3.8, 4) is 0 Å². The van der Waals surface area contributed by atoms with Gasteiger partial charge in [-0.15, -0.1) is 0 Å². The Labute approximate surface area is 115 Å². The van der Waals surface area contributed by atoms with E-state index >= 15 is 0 Å². The van der Waals surface area contributed by atoms with Gasteiger partial charge in [0, 0.05) is 12.5 Å². The number of thiocarbonyl (C=S) groups is 1. The van der Waals surface area contributed by atoms with E-state index in [-0.39, 0.29) is 12.0 Å². The van der Waals surface area contributed by atoms with Crippen molar-refractivity contribution in [2.24, 2.45) is 11.7 Å². The molecule has 0 aromatic carbocycles. The molecule has 1 saturated carbocycles. The molecule has 4 heteroatoms. The van der Waals surface area contributed by atoms with Gasteiger partial charge in [0.15, 0.2) is 0 Å². The smallest absolute Gasteiger partial charge is 0.226 e. The van der Waals surface area contributed by atoms with Gasteiger partial charge in [-0.05, 0) is 25.7 Å². The SMILES string of the molecule is NC(=S)C1CCCN1C(=O)C1CCCCCCC1. The number of carbonyl (C=O) groups excluding carboxylic acids is 1. The molecule has 2 fully saturated rings. The molecule has 1 aliphatic carbocycles. The molecule has 2 N–H and O–H groups in total. The minimum atomic E-state index is 0.0259. The van der Waals surface area contributed by atoms with Crippen LogP contribution >= 0.6 is 12.2 Å². The number of hydrogen-bond acceptors (Lipinski definition) is 2. The molecule has 0 radical (unpaired) electrons. The molecule has 3 nitrogen and oxygen atoms in total. The van der Waals surface area contributed by atoms with Crippen molar-refractivity contribution in [1.82, 2.24) is 4.90 Å². The summed E-state index contributed by atoms with van der Waals surface area (Å²) < 4.78 is 0. The van der Waals surface area contributed by atoms with Crippen molar-refractivity contribution in [3.63, 3.8) is 0 Å². The summed E-state index contributed by atoms with van der Waals surface area (Å²) in [5.74, 6) is 0.535. The highest BCUT2D eigenvalue weighted by molar-refractivity contribution is 7.80. The highest BCUT2D eigenvalue weighted by Crippen LogP contribution is 2.27. The van der Waals surface area contributed by atoms with Crippen LogP contribution in [0.2, 0.25) is 0 Å². The van der Waals surface area contributed by atoms with Crippen LogP contribution in [0.25, 0.3) is 0 Å². The second-order valence-corrected chi connectivity index (χ2v) is 6.11. The molecule has 0 aromatic heterocycles. The Hall–Kier alpha value is -0.640. The largest absolute Gasteiger partial charge is 0.392 e. The van der Waals surface area contributed by atoms with Crippen LogP contribution in [0.4, 0.5) is 0 Å². The van der Waals surface area contributed by atoms with Gasteiger partial charge in [-0.2, -0.15) is 0 Å². The molecule has 1 unspecified atom stereocenters. The molecule has 18 heavy (non-hydrogen) atoms. The lowest BCUT2D eigenvalue weighted by molar-refractivity contribution is -0.136. The normalized spacial score (nSPS) is 26.7. The van der Waals surface area contributed by atoms with Crippen molar-refractivity contribution in [1.29, 1.82) is 0 Å². The Morgan fingerprint density at radius 3 is 2.22 bits per heavy atom. The van der Waals surface area contributed by atoms with E-state index in [4.69, 9.17) is 18.0 Å². The van der Waals surface area contributed by atoms with Crippen LogP contribution in [0.5, 0.6) is 0 Å². The number of hydrogen-bond donors (Lipinski definition) is 1. The molecule has 0 spiro atoms. The summed E-state index contributed by atoms with van der Waals surface area (Å²) in [6, 6.07) is 0.0259. The second-order valence-electron chi connectivity index (χ2n) is 5.63. The third-order valence-electron chi connectivity index (χ3n) is 4.32. The van der Waals surface area contributed by atoms with Crippen molar-refractivity contribution in [2.75, 3.05) is 6.54 Å². The molecule has 1 aliphatic heterocycles. The summed E-state index contributed by atoms with van der Waals surface area (Å²) in [5, 5.41) is 0. The fourth-order valence-electron chi connectivity index (χ4n) is 3.26. The first-order valence-electron chi connectivity index (χ1n) is 7.30. The number of amides is 1. The predicted molar refractivity (Wildman–Crippen MR) is 77.3 cm³/mol. The molecule has 1 saturated heterocycles. The summed E-state index contributed by atoms with van der Waals surface area (Å²) in [6.07, 6.45) is 10.4. The van der Waals surface area contributed by atoms with Crippen LogP contribution in [-0.2, 0) is 4.79 Å². The molecule has 0 aromatic rings. The first-order chi connectivity index (χ1) is 8.70. The number of likely N-dealkylation sites (tertiary alicyclic amines) is 1. The molecule has 1 amide bonds. The lowest BCUT2D eigenvalue weighted by Crippen LogP contribution is -2.45. The number of rotatable bonds is 2. The Bertz CT molecular complexity index is 311. The Kier molecular flexibility index (Phi) is 4.98. The number of carbonyl (C=O) groups is 1. The van der Waals surface area contributed by atoms with E-state index in [0.29, 0.717) is 10.9 Å². The third kappa shape index (κ3) is 3.22. The van der Waals surface area contributed by atoms with E-state index in [1.165, 1.54) is 32.1 Å². The molecule has 1 atom stereocenters. The molecule has 2 aliphatic rings. The molecule has 2 rings (SSSR count). The maximum atomic E-state index is 12.6. The summed E-state index contributed by atoms with van der Waals surface area (Å²) in [4.78, 5) is 15.0. The summed E-state index contributed by atoms with van der Waals surface area (Å²) in [5.41, 5.74) is 5.75. The standard InChI is InChI=1S/C14H24N2OS/c15-13(18)12-9-6-10-16(12)14(17)11-7-4-2-1-3-5-8-11/h11-12H,1-10H2,(H2,15,18). The fraction of sp³-hybridized carbons (Fsp3) is 0.857. The van der Waals surface area contributed by atoms with Gasteiger partial charge in [0.05, 0.1) is 11.0 Å². The summed E-state index contributed by atoms with van der Waals surface area (Å²) in [6.45, 7) is 0.845. The summed E-state index contributed by atoms with van der Waals surface area (Å²) >= 11 is 5.09. The lowest BCUT2D eigenvalue weighted by atomic mass is 9.90. The zero-order valence-corrected chi connectivity index (χ0v) is 11.9. The van der Waals surface area contributed by atoms with Gasteiger partial charge >= 0.3 is 0 Å². The van der Waals surface area contributed by atoms with Gasteiger partial charge in [0.25, 0.3) is 0 Å². The molecular weight excluding hydrogens is 244 g/mol. The summed E-state index contributed by atoms with van der Waals surface area (Å²) in [7, 11) is 0. The van der Waals surface area contributed by atoms with Crippen molar-refractivity contribution in [2.45, 2.75) is 63.8 Å². The maximum Gasteiger partial charge on any atom is 0.226 e. The second kappa shape index (κ2) is 6.50. The van der Waals surface area contributed by atoms with E-state index < -0.39 is 0 Å². The Morgan fingerprint density at radius 1 is 1.00 bits per heavy atom. The van der Waals surface area contributed by atoms with Crippen LogP contribution in [0.1, 0.15) is 57.8 Å². The molecular formula is C14H24N2OS. The molecule has 0 bridgehead atoms. The Balaban J connectivity index is 1.98. The van der Waals surface area contributed by atoms with Gasteiger partial charge in [-0.1, -0.05) is 44.3 Å². The molecule has 1 heterocycles. The van der Waals surface area contributed by atoms with Crippen molar-refractivity contribution >= 4 is 23.1 Å². The topological polar surface area (TPSA) is 46.3 Å². The van der Waals surface area contributed by atoms with E-state index in [9.17, 15) is 4.79 Å². The van der Waals surface area contributed by atoms with Gasteiger partial charge in [0.1, 0.15) is 0 Å². The van der Waals surface area contributed by atoms with Crippen LogP contribution in [0, 0.1) is 5.92 Å². The zero-order chi connectivity index (χ0) is 13.0. The van der Waals surface area contributed by atoms with Crippen molar-refractivity contribution < 1.29 is 4.79 Å². The van der Waals surface area contributed by atoms with Gasteiger partial charge in [-0.25, -0.2) is 0 Å². The zero-order valence-electron chi connectivity index (χ0n) is 11.1. The maximum absolute atomic E-state index is 12.6. The average molecular weight is 268 g/mol. The first kappa shape index (κ1) is 13.8.